The smallest absolute Gasteiger partial charge is 0.196 e. The summed E-state index contributed by atoms with van der Waals surface area (Å²) in [7, 11) is 1.56. The highest BCUT2D eigenvalue weighted by molar-refractivity contribution is 6.35. The minimum atomic E-state index is 0.0607. The van der Waals surface area contributed by atoms with Crippen LogP contribution in [-0.2, 0) is 12.8 Å². The van der Waals surface area contributed by atoms with E-state index >= 15 is 0 Å². The molecule has 0 atom stereocenters. The van der Waals surface area contributed by atoms with Gasteiger partial charge in [0.05, 0.1) is 23.0 Å². The van der Waals surface area contributed by atoms with Crippen LogP contribution in [0.15, 0.2) is 16.9 Å². The van der Waals surface area contributed by atoms with Crippen LogP contribution in [0, 0.1) is 0 Å². The van der Waals surface area contributed by atoms with Crippen molar-refractivity contribution in [2.75, 3.05) is 7.11 Å². The fraction of sp³-hybridized carbons (Fsp3) is 0.308. The summed E-state index contributed by atoms with van der Waals surface area (Å²) in [5, 5.41) is 1.13. The van der Waals surface area contributed by atoms with Crippen molar-refractivity contribution in [1.29, 1.82) is 0 Å². The van der Waals surface area contributed by atoms with Gasteiger partial charge >= 0.3 is 0 Å². The van der Waals surface area contributed by atoms with Crippen LogP contribution in [0.2, 0.25) is 5.02 Å². The largest absolute Gasteiger partial charge is 0.496 e. The average molecular weight is 250 g/mol. The minimum Gasteiger partial charge on any atom is -0.496 e. The van der Waals surface area contributed by atoms with Crippen LogP contribution in [0.5, 0.6) is 5.75 Å². The second kappa shape index (κ2) is 3.77. The fourth-order valence-corrected chi connectivity index (χ4v) is 2.71. The number of pyridine rings is 1. The Morgan fingerprint density at radius 3 is 2.94 bits per heavy atom. The van der Waals surface area contributed by atoms with Crippen molar-refractivity contribution in [3.05, 3.63) is 38.6 Å². The van der Waals surface area contributed by atoms with Crippen molar-refractivity contribution in [2.45, 2.75) is 19.3 Å². The zero-order chi connectivity index (χ0) is 12.0. The predicted molar refractivity (Wildman–Crippen MR) is 68.2 cm³/mol. The molecule has 1 aromatic carbocycles. The summed E-state index contributed by atoms with van der Waals surface area (Å²) in [4.78, 5) is 15.7. The maximum atomic E-state index is 12.4. The van der Waals surface area contributed by atoms with Gasteiger partial charge in [-0.2, -0.15) is 0 Å². The van der Waals surface area contributed by atoms with Gasteiger partial charge < -0.3 is 9.72 Å². The van der Waals surface area contributed by atoms with E-state index in [1.54, 1.807) is 19.2 Å². The van der Waals surface area contributed by atoms with Crippen molar-refractivity contribution in [3.63, 3.8) is 0 Å². The number of halogens is 1. The summed E-state index contributed by atoms with van der Waals surface area (Å²) in [5.41, 5.74) is 2.66. The Bertz CT molecular complexity index is 660. The topological polar surface area (TPSA) is 42.1 Å². The van der Waals surface area contributed by atoms with Gasteiger partial charge in [0.25, 0.3) is 0 Å². The van der Waals surface area contributed by atoms with E-state index in [9.17, 15) is 4.79 Å². The number of fused-ring (bicyclic) bond motifs is 2. The maximum absolute atomic E-state index is 12.4. The molecule has 1 heterocycles. The third kappa shape index (κ3) is 1.46. The molecular weight excluding hydrogens is 238 g/mol. The van der Waals surface area contributed by atoms with E-state index in [0.717, 1.165) is 30.5 Å². The Hall–Kier alpha value is -1.48. The molecule has 4 heteroatoms. The second-order valence-corrected chi connectivity index (χ2v) is 4.67. The van der Waals surface area contributed by atoms with Crippen LogP contribution in [0.1, 0.15) is 17.7 Å². The van der Waals surface area contributed by atoms with Gasteiger partial charge in [0.2, 0.25) is 0 Å². The number of benzene rings is 1. The van der Waals surface area contributed by atoms with Crippen LogP contribution < -0.4 is 10.2 Å². The fourth-order valence-electron chi connectivity index (χ4n) is 2.51. The molecule has 0 radical (unpaired) electrons. The van der Waals surface area contributed by atoms with E-state index in [0.29, 0.717) is 21.7 Å². The number of rotatable bonds is 1. The predicted octanol–water partition coefficient (Wildman–Crippen LogP) is 2.68. The molecule has 0 spiro atoms. The lowest BCUT2D eigenvalue weighted by Crippen LogP contribution is -2.11. The van der Waals surface area contributed by atoms with Crippen molar-refractivity contribution in [1.82, 2.24) is 4.98 Å². The Morgan fingerprint density at radius 2 is 2.18 bits per heavy atom. The minimum absolute atomic E-state index is 0.0607. The first kappa shape index (κ1) is 10.7. The molecule has 1 aliphatic rings. The highest BCUT2D eigenvalue weighted by Gasteiger charge is 2.20. The molecule has 0 unspecified atom stereocenters. The molecule has 1 aliphatic carbocycles. The molecular formula is C13H12ClNO2. The van der Waals surface area contributed by atoms with Gasteiger partial charge in [0.15, 0.2) is 5.43 Å². The van der Waals surface area contributed by atoms with Crippen molar-refractivity contribution in [3.8, 4) is 5.75 Å². The van der Waals surface area contributed by atoms with Crippen LogP contribution in [0.3, 0.4) is 0 Å². The lowest BCUT2D eigenvalue weighted by Gasteiger charge is -2.09. The SMILES string of the molecule is COc1ccc(Cl)c2[nH]c3c(c(=O)c12)CCC3. The average Bonchev–Trinajstić information content (AvgIpc) is 2.79. The summed E-state index contributed by atoms with van der Waals surface area (Å²) in [6.45, 7) is 0. The Balaban J connectivity index is 2.51. The normalized spacial score (nSPS) is 14.0. The molecule has 1 aromatic heterocycles. The molecule has 17 heavy (non-hydrogen) atoms. The highest BCUT2D eigenvalue weighted by atomic mass is 35.5. The molecule has 0 aliphatic heterocycles. The van der Waals surface area contributed by atoms with Gasteiger partial charge in [-0.3, -0.25) is 4.79 Å². The molecule has 0 fully saturated rings. The van der Waals surface area contributed by atoms with E-state index in [-0.39, 0.29) is 5.43 Å². The quantitative estimate of drug-likeness (QED) is 0.844. The monoisotopic (exact) mass is 249 g/mol. The van der Waals surface area contributed by atoms with E-state index in [1.807, 2.05) is 0 Å². The number of aryl methyl sites for hydroxylation is 1. The van der Waals surface area contributed by atoms with E-state index in [2.05, 4.69) is 4.98 Å². The highest BCUT2D eigenvalue weighted by Crippen LogP contribution is 2.30. The van der Waals surface area contributed by atoms with E-state index < -0.39 is 0 Å². The lowest BCUT2D eigenvalue weighted by molar-refractivity contribution is 0.419. The lowest BCUT2D eigenvalue weighted by atomic mass is 10.1. The van der Waals surface area contributed by atoms with Crippen LogP contribution in [0.4, 0.5) is 0 Å². The van der Waals surface area contributed by atoms with Gasteiger partial charge in [0, 0.05) is 11.3 Å². The third-order valence-electron chi connectivity index (χ3n) is 3.33. The van der Waals surface area contributed by atoms with Crippen molar-refractivity contribution < 1.29 is 4.74 Å². The molecule has 3 nitrogen and oxygen atoms in total. The number of ether oxygens (including phenoxy) is 1. The molecule has 0 saturated carbocycles. The number of hydrogen-bond acceptors (Lipinski definition) is 2. The van der Waals surface area contributed by atoms with Gasteiger partial charge in [-0.15, -0.1) is 0 Å². The van der Waals surface area contributed by atoms with Crippen LogP contribution >= 0.6 is 11.6 Å². The van der Waals surface area contributed by atoms with Gasteiger partial charge in [-0.05, 0) is 31.4 Å². The number of methoxy groups -OCH3 is 1. The Kier molecular flexibility index (Phi) is 2.37. The number of hydrogen-bond donors (Lipinski definition) is 1. The first-order valence-corrected chi connectivity index (χ1v) is 6.00. The molecule has 0 saturated heterocycles. The zero-order valence-corrected chi connectivity index (χ0v) is 10.2. The third-order valence-corrected chi connectivity index (χ3v) is 3.65. The molecule has 2 aromatic rings. The number of aromatic nitrogens is 1. The number of aromatic amines is 1. The first-order valence-electron chi connectivity index (χ1n) is 5.62. The van der Waals surface area contributed by atoms with Crippen LogP contribution in [0.25, 0.3) is 10.9 Å². The molecule has 0 amide bonds. The second-order valence-electron chi connectivity index (χ2n) is 4.26. The Morgan fingerprint density at radius 1 is 1.35 bits per heavy atom. The standard InChI is InChI=1S/C13H12ClNO2/c1-17-10-6-5-8(14)12-11(10)13(16)7-3-2-4-9(7)15-12/h5-6H,2-4H2,1H3,(H,15,16). The van der Waals surface area contributed by atoms with Gasteiger partial charge in [0.1, 0.15) is 5.75 Å². The van der Waals surface area contributed by atoms with Crippen LogP contribution in [-0.4, -0.2) is 12.1 Å². The number of nitrogens with one attached hydrogen (secondary N) is 1. The van der Waals surface area contributed by atoms with Crippen molar-refractivity contribution >= 4 is 22.5 Å². The Labute approximate surface area is 103 Å². The number of H-pyrrole nitrogens is 1. The summed E-state index contributed by atoms with van der Waals surface area (Å²) in [6.07, 6.45) is 2.79. The van der Waals surface area contributed by atoms with Gasteiger partial charge in [-0.1, -0.05) is 11.6 Å². The molecule has 88 valence electrons. The van der Waals surface area contributed by atoms with E-state index in [1.165, 1.54) is 0 Å². The first-order chi connectivity index (χ1) is 8.22. The van der Waals surface area contributed by atoms with Crippen molar-refractivity contribution in [2.24, 2.45) is 0 Å². The summed E-state index contributed by atoms with van der Waals surface area (Å²) < 4.78 is 5.24. The summed E-state index contributed by atoms with van der Waals surface area (Å²) >= 11 is 6.13. The molecule has 1 N–H and O–H groups in total. The van der Waals surface area contributed by atoms with Gasteiger partial charge in [-0.25, -0.2) is 0 Å². The summed E-state index contributed by atoms with van der Waals surface area (Å²) in [5.74, 6) is 0.584. The summed E-state index contributed by atoms with van der Waals surface area (Å²) in [6, 6.07) is 3.49. The zero-order valence-electron chi connectivity index (χ0n) is 9.47. The molecule has 3 rings (SSSR count). The van der Waals surface area contributed by atoms with E-state index in [4.69, 9.17) is 16.3 Å². The molecule has 0 bridgehead atoms. The maximum Gasteiger partial charge on any atom is 0.196 e.